The Morgan fingerprint density at radius 2 is 2.29 bits per heavy atom. The van der Waals surface area contributed by atoms with Crippen LogP contribution in [0.2, 0.25) is 0 Å². The van der Waals surface area contributed by atoms with E-state index in [1.165, 1.54) is 19.1 Å². The molecule has 0 aliphatic heterocycles. The van der Waals surface area contributed by atoms with Crippen molar-refractivity contribution in [3.05, 3.63) is 0 Å². The fourth-order valence-electron chi connectivity index (χ4n) is 3.08. The highest BCUT2D eigenvalue weighted by Crippen LogP contribution is 2.38. The monoisotopic (exact) mass is 241 g/mol. The molecule has 3 nitrogen and oxygen atoms in total. The summed E-state index contributed by atoms with van der Waals surface area (Å²) in [5, 5.41) is 0. The van der Waals surface area contributed by atoms with Gasteiger partial charge in [-0.25, -0.2) is 0 Å². The first-order chi connectivity index (χ1) is 8.12. The molecule has 2 unspecified atom stereocenters. The molecule has 1 saturated carbocycles. The zero-order valence-electron chi connectivity index (χ0n) is 11.6. The van der Waals surface area contributed by atoms with Crippen molar-refractivity contribution >= 4 is 6.29 Å². The normalized spacial score (nSPS) is 29.5. The first-order valence-electron chi connectivity index (χ1n) is 6.76. The molecule has 0 heterocycles. The van der Waals surface area contributed by atoms with Gasteiger partial charge >= 0.3 is 0 Å². The number of methoxy groups -OCH3 is 1. The van der Waals surface area contributed by atoms with E-state index in [1.54, 1.807) is 7.11 Å². The van der Waals surface area contributed by atoms with Crippen molar-refractivity contribution in [2.24, 2.45) is 11.3 Å². The van der Waals surface area contributed by atoms with Gasteiger partial charge in [0.25, 0.3) is 0 Å². The lowest BCUT2D eigenvalue weighted by Crippen LogP contribution is -2.40. The Hall–Kier alpha value is -0.410. The van der Waals surface area contributed by atoms with Crippen LogP contribution in [0.1, 0.15) is 39.0 Å². The smallest absolute Gasteiger partial charge is 0.127 e. The highest BCUT2D eigenvalue weighted by Gasteiger charge is 2.35. The average molecular weight is 241 g/mol. The molecular weight excluding hydrogens is 214 g/mol. The Morgan fingerprint density at radius 3 is 2.88 bits per heavy atom. The third-order valence-corrected chi connectivity index (χ3v) is 3.85. The SMILES string of the molecule is COCCCN(C)CC1(C=O)CCCC(C)C1. The van der Waals surface area contributed by atoms with Crippen molar-refractivity contribution in [1.82, 2.24) is 4.90 Å². The minimum atomic E-state index is -0.0838. The molecule has 0 aromatic carbocycles. The van der Waals surface area contributed by atoms with Crippen LogP contribution in [0.3, 0.4) is 0 Å². The maximum atomic E-state index is 11.4. The number of hydrogen-bond acceptors (Lipinski definition) is 3. The number of hydrogen-bond donors (Lipinski definition) is 0. The fraction of sp³-hybridized carbons (Fsp3) is 0.929. The van der Waals surface area contributed by atoms with Crippen LogP contribution in [0.4, 0.5) is 0 Å². The fourth-order valence-corrected chi connectivity index (χ4v) is 3.08. The molecule has 0 aromatic rings. The summed E-state index contributed by atoms with van der Waals surface area (Å²) in [4.78, 5) is 13.7. The van der Waals surface area contributed by atoms with E-state index in [0.29, 0.717) is 5.92 Å². The summed E-state index contributed by atoms with van der Waals surface area (Å²) in [6, 6.07) is 0. The molecule has 0 N–H and O–H groups in total. The Labute approximate surface area is 106 Å². The second-order valence-electron chi connectivity index (χ2n) is 5.77. The highest BCUT2D eigenvalue weighted by molar-refractivity contribution is 5.60. The molecule has 0 spiro atoms. The molecule has 2 atom stereocenters. The lowest BCUT2D eigenvalue weighted by Gasteiger charge is -2.38. The molecule has 1 rings (SSSR count). The van der Waals surface area contributed by atoms with Gasteiger partial charge in [0, 0.05) is 32.2 Å². The number of aldehydes is 1. The van der Waals surface area contributed by atoms with Crippen LogP contribution in [-0.2, 0) is 9.53 Å². The van der Waals surface area contributed by atoms with Gasteiger partial charge in [0.15, 0.2) is 0 Å². The predicted molar refractivity (Wildman–Crippen MR) is 70.1 cm³/mol. The lowest BCUT2D eigenvalue weighted by atomic mass is 9.71. The minimum absolute atomic E-state index is 0.0838. The number of rotatable bonds is 7. The zero-order chi connectivity index (χ0) is 12.7. The highest BCUT2D eigenvalue weighted by atomic mass is 16.5. The molecule has 0 amide bonds. The third-order valence-electron chi connectivity index (χ3n) is 3.85. The molecule has 0 radical (unpaired) electrons. The summed E-state index contributed by atoms with van der Waals surface area (Å²) in [7, 11) is 3.84. The van der Waals surface area contributed by atoms with Gasteiger partial charge in [-0.1, -0.05) is 19.8 Å². The first kappa shape index (κ1) is 14.7. The van der Waals surface area contributed by atoms with E-state index in [9.17, 15) is 4.79 Å². The van der Waals surface area contributed by atoms with Crippen LogP contribution in [-0.4, -0.2) is 45.0 Å². The Bertz CT molecular complexity index is 232. The van der Waals surface area contributed by atoms with Crippen LogP contribution in [0, 0.1) is 11.3 Å². The molecule has 100 valence electrons. The van der Waals surface area contributed by atoms with E-state index in [1.807, 2.05) is 0 Å². The van der Waals surface area contributed by atoms with Crippen LogP contribution >= 0.6 is 0 Å². The van der Waals surface area contributed by atoms with E-state index >= 15 is 0 Å². The Kier molecular flexibility index (Phi) is 6.14. The van der Waals surface area contributed by atoms with Gasteiger partial charge in [0.05, 0.1) is 0 Å². The van der Waals surface area contributed by atoms with E-state index in [4.69, 9.17) is 4.74 Å². The van der Waals surface area contributed by atoms with Crippen molar-refractivity contribution in [3.63, 3.8) is 0 Å². The van der Waals surface area contributed by atoms with Crippen molar-refractivity contribution in [1.29, 1.82) is 0 Å². The topological polar surface area (TPSA) is 29.5 Å². The van der Waals surface area contributed by atoms with Gasteiger partial charge in [-0.05, 0) is 32.2 Å². The van der Waals surface area contributed by atoms with Crippen LogP contribution in [0.25, 0.3) is 0 Å². The van der Waals surface area contributed by atoms with Gasteiger partial charge in [0.1, 0.15) is 6.29 Å². The third kappa shape index (κ3) is 4.76. The zero-order valence-corrected chi connectivity index (χ0v) is 11.6. The molecule has 17 heavy (non-hydrogen) atoms. The average Bonchev–Trinajstić information content (AvgIpc) is 2.29. The largest absolute Gasteiger partial charge is 0.385 e. The second kappa shape index (κ2) is 7.12. The van der Waals surface area contributed by atoms with E-state index in [2.05, 4.69) is 18.9 Å². The predicted octanol–water partition coefficient (Wildman–Crippen LogP) is 2.35. The van der Waals surface area contributed by atoms with Gasteiger partial charge in [-0.3, -0.25) is 0 Å². The molecule has 0 aromatic heterocycles. The molecule has 3 heteroatoms. The second-order valence-corrected chi connectivity index (χ2v) is 5.77. The van der Waals surface area contributed by atoms with Crippen molar-refractivity contribution in [3.8, 4) is 0 Å². The van der Waals surface area contributed by atoms with Crippen LogP contribution < -0.4 is 0 Å². The van der Waals surface area contributed by atoms with Gasteiger partial charge in [-0.15, -0.1) is 0 Å². The number of nitrogens with zero attached hydrogens (tertiary/aromatic N) is 1. The summed E-state index contributed by atoms with van der Waals surface area (Å²) >= 11 is 0. The molecule has 1 aliphatic carbocycles. The lowest BCUT2D eigenvalue weighted by molar-refractivity contribution is -0.119. The summed E-state index contributed by atoms with van der Waals surface area (Å²) in [6.45, 7) is 4.99. The first-order valence-corrected chi connectivity index (χ1v) is 6.76. The van der Waals surface area contributed by atoms with Gasteiger partial charge in [0.2, 0.25) is 0 Å². The van der Waals surface area contributed by atoms with Gasteiger partial charge < -0.3 is 14.4 Å². The van der Waals surface area contributed by atoms with Crippen molar-refractivity contribution in [2.75, 3.05) is 33.9 Å². The maximum absolute atomic E-state index is 11.4. The molecular formula is C14H27NO2. The molecule has 1 aliphatic rings. The van der Waals surface area contributed by atoms with Crippen LogP contribution in [0.15, 0.2) is 0 Å². The summed E-state index contributed by atoms with van der Waals surface area (Å²) in [5.74, 6) is 0.696. The van der Waals surface area contributed by atoms with E-state index < -0.39 is 0 Å². The van der Waals surface area contributed by atoms with Crippen molar-refractivity contribution < 1.29 is 9.53 Å². The van der Waals surface area contributed by atoms with Crippen LogP contribution in [0.5, 0.6) is 0 Å². The number of carbonyl (C=O) groups is 1. The summed E-state index contributed by atoms with van der Waals surface area (Å²) in [5.41, 5.74) is -0.0838. The molecule has 1 fully saturated rings. The van der Waals surface area contributed by atoms with E-state index in [-0.39, 0.29) is 5.41 Å². The maximum Gasteiger partial charge on any atom is 0.127 e. The van der Waals surface area contributed by atoms with Crippen molar-refractivity contribution in [2.45, 2.75) is 39.0 Å². The number of carbonyl (C=O) groups excluding carboxylic acids is 1. The molecule has 0 bridgehead atoms. The Balaban J connectivity index is 2.41. The van der Waals surface area contributed by atoms with Gasteiger partial charge in [-0.2, -0.15) is 0 Å². The van der Waals surface area contributed by atoms with E-state index in [0.717, 1.165) is 39.0 Å². The quantitative estimate of drug-likeness (QED) is 0.506. The molecule has 0 saturated heterocycles. The standard InChI is InChI=1S/C14H27NO2/c1-13-6-4-7-14(10-13,12-16)11-15(2)8-5-9-17-3/h12-13H,4-11H2,1-3H3. The Morgan fingerprint density at radius 1 is 1.53 bits per heavy atom. The summed E-state index contributed by atoms with van der Waals surface area (Å²) in [6.07, 6.45) is 6.86. The minimum Gasteiger partial charge on any atom is -0.385 e. The number of ether oxygens (including phenoxy) is 1. The summed E-state index contributed by atoms with van der Waals surface area (Å²) < 4.78 is 5.05.